The standard InChI is InChI=1S/C18H13N3O2/c1-12-8-13(11-19)10-15(9-12)20-17-7-6-14-4-2-3-5-16(14)18(17)21(22)23/h2-10,20H,1H3. The highest BCUT2D eigenvalue weighted by Gasteiger charge is 2.18. The lowest BCUT2D eigenvalue weighted by Crippen LogP contribution is -1.98. The van der Waals surface area contributed by atoms with Gasteiger partial charge in [-0.2, -0.15) is 5.26 Å². The summed E-state index contributed by atoms with van der Waals surface area (Å²) in [6, 6.07) is 18.1. The number of nitriles is 1. The number of fused-ring (bicyclic) bond motifs is 1. The fourth-order valence-electron chi connectivity index (χ4n) is 2.63. The van der Waals surface area contributed by atoms with Gasteiger partial charge in [0.2, 0.25) is 0 Å². The lowest BCUT2D eigenvalue weighted by atomic mass is 10.1. The molecule has 5 heteroatoms. The van der Waals surface area contributed by atoms with Crippen LogP contribution in [0.15, 0.2) is 54.6 Å². The Kier molecular flexibility index (Phi) is 3.65. The highest BCUT2D eigenvalue weighted by Crippen LogP contribution is 2.35. The van der Waals surface area contributed by atoms with Crippen LogP contribution in [0.25, 0.3) is 10.8 Å². The lowest BCUT2D eigenvalue weighted by molar-refractivity contribution is -0.382. The summed E-state index contributed by atoms with van der Waals surface area (Å²) in [5.41, 5.74) is 2.51. The maximum Gasteiger partial charge on any atom is 0.300 e. The highest BCUT2D eigenvalue weighted by molar-refractivity contribution is 5.97. The largest absolute Gasteiger partial charge is 0.350 e. The van der Waals surface area contributed by atoms with Crippen LogP contribution in [0.4, 0.5) is 17.1 Å². The van der Waals surface area contributed by atoms with E-state index in [0.717, 1.165) is 10.9 Å². The molecule has 3 rings (SSSR count). The molecular weight excluding hydrogens is 290 g/mol. The molecule has 0 aliphatic rings. The SMILES string of the molecule is Cc1cc(C#N)cc(Nc2ccc3ccccc3c2[N+](=O)[O-])c1. The molecule has 0 radical (unpaired) electrons. The zero-order valence-electron chi connectivity index (χ0n) is 12.4. The quantitative estimate of drug-likeness (QED) is 0.563. The summed E-state index contributed by atoms with van der Waals surface area (Å²) in [6.07, 6.45) is 0. The number of aryl methyl sites for hydroxylation is 1. The third-order valence-corrected chi connectivity index (χ3v) is 3.57. The predicted molar refractivity (Wildman–Crippen MR) is 89.8 cm³/mol. The van der Waals surface area contributed by atoms with E-state index >= 15 is 0 Å². The van der Waals surface area contributed by atoms with E-state index in [0.29, 0.717) is 22.3 Å². The summed E-state index contributed by atoms with van der Waals surface area (Å²) in [6.45, 7) is 1.88. The molecule has 0 saturated carbocycles. The van der Waals surface area contributed by atoms with Gasteiger partial charge in [-0.05, 0) is 48.2 Å². The van der Waals surface area contributed by atoms with Crippen molar-refractivity contribution in [3.63, 3.8) is 0 Å². The maximum atomic E-state index is 11.5. The van der Waals surface area contributed by atoms with Gasteiger partial charge in [-0.15, -0.1) is 0 Å². The number of hydrogen-bond donors (Lipinski definition) is 1. The van der Waals surface area contributed by atoms with Gasteiger partial charge in [-0.1, -0.05) is 24.3 Å². The molecule has 0 aliphatic heterocycles. The second-order valence-corrected chi connectivity index (χ2v) is 5.26. The first-order valence-corrected chi connectivity index (χ1v) is 7.03. The highest BCUT2D eigenvalue weighted by atomic mass is 16.6. The summed E-state index contributed by atoms with van der Waals surface area (Å²) in [4.78, 5) is 11.1. The molecule has 23 heavy (non-hydrogen) atoms. The number of hydrogen-bond acceptors (Lipinski definition) is 4. The average Bonchev–Trinajstić information content (AvgIpc) is 2.53. The number of nitrogens with zero attached hydrogens (tertiary/aromatic N) is 2. The van der Waals surface area contributed by atoms with Gasteiger partial charge < -0.3 is 5.32 Å². The topological polar surface area (TPSA) is 79.0 Å². The van der Waals surface area contributed by atoms with Crippen LogP contribution in [0.3, 0.4) is 0 Å². The summed E-state index contributed by atoms with van der Waals surface area (Å²) < 4.78 is 0. The number of nitrogens with one attached hydrogen (secondary N) is 1. The minimum atomic E-state index is -0.383. The molecule has 0 aliphatic carbocycles. The Labute approximate surface area is 132 Å². The molecule has 0 spiro atoms. The summed E-state index contributed by atoms with van der Waals surface area (Å²) in [5.74, 6) is 0. The molecule has 3 aromatic carbocycles. The Morgan fingerprint density at radius 2 is 1.91 bits per heavy atom. The van der Waals surface area contributed by atoms with Gasteiger partial charge in [0, 0.05) is 5.69 Å². The van der Waals surface area contributed by atoms with Crippen molar-refractivity contribution in [2.45, 2.75) is 6.92 Å². The van der Waals surface area contributed by atoms with E-state index in [1.54, 1.807) is 30.3 Å². The van der Waals surface area contributed by atoms with Crippen molar-refractivity contribution >= 4 is 27.8 Å². The van der Waals surface area contributed by atoms with Crippen molar-refractivity contribution < 1.29 is 4.92 Å². The number of benzene rings is 3. The molecule has 5 nitrogen and oxygen atoms in total. The van der Waals surface area contributed by atoms with Crippen LogP contribution in [0.5, 0.6) is 0 Å². The van der Waals surface area contributed by atoms with Crippen molar-refractivity contribution in [3.8, 4) is 6.07 Å². The molecule has 0 heterocycles. The molecule has 112 valence electrons. The van der Waals surface area contributed by atoms with Crippen molar-refractivity contribution in [2.75, 3.05) is 5.32 Å². The van der Waals surface area contributed by atoms with Gasteiger partial charge in [-0.3, -0.25) is 10.1 Å². The van der Waals surface area contributed by atoms with Gasteiger partial charge in [0.1, 0.15) is 5.69 Å². The van der Waals surface area contributed by atoms with E-state index in [1.807, 2.05) is 31.2 Å². The van der Waals surface area contributed by atoms with Crippen LogP contribution in [-0.4, -0.2) is 4.92 Å². The Bertz CT molecular complexity index is 958. The molecule has 0 amide bonds. The minimum absolute atomic E-state index is 0.0307. The van der Waals surface area contributed by atoms with Crippen LogP contribution in [-0.2, 0) is 0 Å². The number of rotatable bonds is 3. The first kappa shape index (κ1) is 14.5. The second-order valence-electron chi connectivity index (χ2n) is 5.26. The third kappa shape index (κ3) is 2.83. The van der Waals surface area contributed by atoms with E-state index in [1.165, 1.54) is 0 Å². The Hall–Kier alpha value is -3.39. The minimum Gasteiger partial charge on any atom is -0.350 e. The van der Waals surface area contributed by atoms with Crippen molar-refractivity contribution in [1.29, 1.82) is 5.26 Å². The summed E-state index contributed by atoms with van der Waals surface area (Å²) >= 11 is 0. The molecule has 0 saturated heterocycles. The molecule has 0 bridgehead atoms. The Morgan fingerprint density at radius 3 is 2.65 bits per heavy atom. The third-order valence-electron chi connectivity index (χ3n) is 3.57. The maximum absolute atomic E-state index is 11.5. The number of nitro groups is 1. The monoisotopic (exact) mass is 303 g/mol. The van der Waals surface area contributed by atoms with Crippen LogP contribution in [0, 0.1) is 28.4 Å². The summed E-state index contributed by atoms with van der Waals surface area (Å²) in [5, 5.41) is 25.0. The zero-order valence-corrected chi connectivity index (χ0v) is 12.4. The summed E-state index contributed by atoms with van der Waals surface area (Å²) in [7, 11) is 0. The molecule has 0 atom stereocenters. The first-order chi connectivity index (χ1) is 11.1. The Balaban J connectivity index is 2.14. The van der Waals surface area contributed by atoms with Crippen molar-refractivity contribution in [3.05, 3.63) is 75.8 Å². The smallest absolute Gasteiger partial charge is 0.300 e. The predicted octanol–water partition coefficient (Wildman–Crippen LogP) is 4.67. The fourth-order valence-corrected chi connectivity index (χ4v) is 2.63. The van der Waals surface area contributed by atoms with E-state index in [4.69, 9.17) is 5.26 Å². The van der Waals surface area contributed by atoms with Gasteiger partial charge in [0.05, 0.1) is 21.9 Å². The van der Waals surface area contributed by atoms with E-state index < -0.39 is 0 Å². The molecule has 3 aromatic rings. The van der Waals surface area contributed by atoms with Crippen LogP contribution in [0.1, 0.15) is 11.1 Å². The Morgan fingerprint density at radius 1 is 1.13 bits per heavy atom. The first-order valence-electron chi connectivity index (χ1n) is 7.03. The van der Waals surface area contributed by atoms with E-state index in [9.17, 15) is 10.1 Å². The van der Waals surface area contributed by atoms with Gasteiger partial charge in [0.25, 0.3) is 5.69 Å². The van der Waals surface area contributed by atoms with E-state index in [2.05, 4.69) is 11.4 Å². The lowest BCUT2D eigenvalue weighted by Gasteiger charge is -2.10. The zero-order chi connectivity index (χ0) is 16.4. The van der Waals surface area contributed by atoms with Crippen LogP contribution >= 0.6 is 0 Å². The number of anilines is 2. The fraction of sp³-hybridized carbons (Fsp3) is 0.0556. The molecular formula is C18H13N3O2. The van der Waals surface area contributed by atoms with Gasteiger partial charge in [0.15, 0.2) is 0 Å². The van der Waals surface area contributed by atoms with Crippen molar-refractivity contribution in [1.82, 2.24) is 0 Å². The van der Waals surface area contributed by atoms with E-state index in [-0.39, 0.29) is 10.6 Å². The van der Waals surface area contributed by atoms with Gasteiger partial charge >= 0.3 is 0 Å². The molecule has 0 aromatic heterocycles. The van der Waals surface area contributed by atoms with Crippen LogP contribution in [0.2, 0.25) is 0 Å². The normalized spacial score (nSPS) is 10.3. The van der Waals surface area contributed by atoms with Crippen molar-refractivity contribution in [2.24, 2.45) is 0 Å². The van der Waals surface area contributed by atoms with Gasteiger partial charge in [-0.25, -0.2) is 0 Å². The second kappa shape index (κ2) is 5.78. The average molecular weight is 303 g/mol. The number of nitro benzene ring substituents is 1. The molecule has 0 fully saturated rings. The molecule has 0 unspecified atom stereocenters. The van der Waals surface area contributed by atoms with Crippen LogP contribution < -0.4 is 5.32 Å². The molecule has 1 N–H and O–H groups in total.